The van der Waals surface area contributed by atoms with E-state index in [9.17, 15) is 10.1 Å². The van der Waals surface area contributed by atoms with E-state index < -0.39 is 4.92 Å². The predicted molar refractivity (Wildman–Crippen MR) is 69.8 cm³/mol. The first-order chi connectivity index (χ1) is 8.56. The first kappa shape index (κ1) is 12.5. The lowest BCUT2D eigenvalue weighted by molar-refractivity contribution is -0.386. The number of hydrogen-bond donors (Lipinski definition) is 0. The number of hydrogen-bond acceptors (Lipinski definition) is 4. The fourth-order valence-corrected chi connectivity index (χ4v) is 1.76. The van der Waals surface area contributed by atoms with Crippen molar-refractivity contribution >= 4 is 21.6 Å². The third-order valence-electron chi connectivity index (χ3n) is 2.19. The molecular formula is C12H9BrN2O3. The average Bonchev–Trinajstić information content (AvgIpc) is 2.28. The van der Waals surface area contributed by atoms with Gasteiger partial charge in [-0.05, 0) is 31.2 Å². The van der Waals surface area contributed by atoms with E-state index in [2.05, 4.69) is 20.9 Å². The van der Waals surface area contributed by atoms with Crippen LogP contribution in [0.25, 0.3) is 0 Å². The van der Waals surface area contributed by atoms with Crippen molar-refractivity contribution in [2.75, 3.05) is 0 Å². The Morgan fingerprint density at radius 2 is 2.11 bits per heavy atom. The summed E-state index contributed by atoms with van der Waals surface area (Å²) in [5.41, 5.74) is 0.506. The van der Waals surface area contributed by atoms with Gasteiger partial charge in [0.1, 0.15) is 5.75 Å². The maximum Gasteiger partial charge on any atom is 0.331 e. The predicted octanol–water partition coefficient (Wildman–Crippen LogP) is 3.85. The minimum absolute atomic E-state index is 0.00176. The van der Waals surface area contributed by atoms with E-state index in [4.69, 9.17) is 4.74 Å². The Kier molecular flexibility index (Phi) is 3.57. The van der Waals surface area contributed by atoms with Crippen LogP contribution in [0.3, 0.4) is 0 Å². The van der Waals surface area contributed by atoms with Gasteiger partial charge in [0, 0.05) is 16.2 Å². The molecule has 0 aliphatic rings. The summed E-state index contributed by atoms with van der Waals surface area (Å²) in [5.74, 6) is 0.490. The molecule has 1 aromatic carbocycles. The van der Waals surface area contributed by atoms with E-state index in [1.807, 2.05) is 6.07 Å². The first-order valence-electron chi connectivity index (χ1n) is 5.12. The maximum absolute atomic E-state index is 10.9. The van der Waals surface area contributed by atoms with E-state index in [1.165, 1.54) is 6.07 Å². The van der Waals surface area contributed by atoms with Gasteiger partial charge in [-0.3, -0.25) is 10.1 Å². The lowest BCUT2D eigenvalue weighted by Crippen LogP contribution is -1.97. The Morgan fingerprint density at radius 1 is 1.33 bits per heavy atom. The van der Waals surface area contributed by atoms with Crippen molar-refractivity contribution in [3.05, 3.63) is 56.7 Å². The number of rotatable bonds is 3. The molecule has 18 heavy (non-hydrogen) atoms. The molecule has 0 atom stereocenters. The normalized spacial score (nSPS) is 10.1. The standard InChI is InChI=1S/C12H9BrN2O3/c1-8-5-6-11(15(16)17)12(14-8)18-10-4-2-3-9(13)7-10/h2-7H,1H3. The van der Waals surface area contributed by atoms with Crippen molar-refractivity contribution in [3.63, 3.8) is 0 Å². The van der Waals surface area contributed by atoms with Gasteiger partial charge in [0.05, 0.1) is 4.92 Å². The summed E-state index contributed by atoms with van der Waals surface area (Å²) in [7, 11) is 0. The molecule has 2 aromatic rings. The van der Waals surface area contributed by atoms with Crippen molar-refractivity contribution in [1.82, 2.24) is 4.98 Å². The van der Waals surface area contributed by atoms with Crippen LogP contribution in [0, 0.1) is 17.0 Å². The number of ether oxygens (including phenoxy) is 1. The van der Waals surface area contributed by atoms with Crippen molar-refractivity contribution in [2.24, 2.45) is 0 Å². The fourth-order valence-electron chi connectivity index (χ4n) is 1.38. The summed E-state index contributed by atoms with van der Waals surface area (Å²) in [6.07, 6.45) is 0. The molecular weight excluding hydrogens is 300 g/mol. The minimum Gasteiger partial charge on any atom is -0.434 e. The molecule has 0 N–H and O–H groups in total. The molecule has 0 bridgehead atoms. The Bertz CT molecular complexity index is 602. The minimum atomic E-state index is -0.514. The third kappa shape index (κ3) is 2.84. The molecule has 0 fully saturated rings. The number of aromatic nitrogens is 1. The third-order valence-corrected chi connectivity index (χ3v) is 2.68. The second-order valence-electron chi connectivity index (χ2n) is 3.59. The molecule has 0 spiro atoms. The Balaban J connectivity index is 2.39. The fraction of sp³-hybridized carbons (Fsp3) is 0.0833. The summed E-state index contributed by atoms with van der Waals surface area (Å²) in [6, 6.07) is 10.00. The van der Waals surface area contributed by atoms with Gasteiger partial charge in [0.25, 0.3) is 5.88 Å². The topological polar surface area (TPSA) is 65.3 Å². The molecule has 1 aromatic heterocycles. The van der Waals surface area contributed by atoms with Gasteiger partial charge in [0.2, 0.25) is 0 Å². The maximum atomic E-state index is 10.9. The molecule has 0 aliphatic heterocycles. The molecule has 0 unspecified atom stereocenters. The van der Waals surface area contributed by atoms with Gasteiger partial charge in [-0.1, -0.05) is 22.0 Å². The highest BCUT2D eigenvalue weighted by Gasteiger charge is 2.17. The van der Waals surface area contributed by atoms with Crippen LogP contribution in [0.4, 0.5) is 5.69 Å². The number of pyridine rings is 1. The van der Waals surface area contributed by atoms with Crippen LogP contribution >= 0.6 is 15.9 Å². The van der Waals surface area contributed by atoms with Crippen LogP contribution < -0.4 is 4.74 Å². The van der Waals surface area contributed by atoms with Gasteiger partial charge >= 0.3 is 5.69 Å². The van der Waals surface area contributed by atoms with E-state index in [1.54, 1.807) is 31.2 Å². The highest BCUT2D eigenvalue weighted by molar-refractivity contribution is 9.10. The summed E-state index contributed by atoms with van der Waals surface area (Å²) < 4.78 is 6.28. The zero-order chi connectivity index (χ0) is 13.1. The van der Waals surface area contributed by atoms with E-state index in [0.717, 1.165) is 4.47 Å². The van der Waals surface area contributed by atoms with E-state index in [-0.39, 0.29) is 11.6 Å². The number of aryl methyl sites for hydroxylation is 1. The summed E-state index contributed by atoms with van der Waals surface area (Å²) in [6.45, 7) is 1.75. The quantitative estimate of drug-likeness (QED) is 0.638. The molecule has 2 rings (SSSR count). The highest BCUT2D eigenvalue weighted by atomic mass is 79.9. The summed E-state index contributed by atoms with van der Waals surface area (Å²) >= 11 is 3.30. The Hall–Kier alpha value is -1.95. The zero-order valence-electron chi connectivity index (χ0n) is 9.46. The van der Waals surface area contributed by atoms with Crippen LogP contribution in [0.15, 0.2) is 40.9 Å². The van der Waals surface area contributed by atoms with Gasteiger partial charge < -0.3 is 4.74 Å². The molecule has 0 saturated heterocycles. The average molecular weight is 309 g/mol. The van der Waals surface area contributed by atoms with Crippen LogP contribution in [0.2, 0.25) is 0 Å². The Morgan fingerprint density at radius 3 is 2.78 bits per heavy atom. The van der Waals surface area contributed by atoms with Crippen molar-refractivity contribution < 1.29 is 9.66 Å². The number of nitrogens with zero attached hydrogens (tertiary/aromatic N) is 2. The zero-order valence-corrected chi connectivity index (χ0v) is 11.0. The SMILES string of the molecule is Cc1ccc([N+](=O)[O-])c(Oc2cccc(Br)c2)n1. The lowest BCUT2D eigenvalue weighted by Gasteiger charge is -2.06. The first-order valence-corrected chi connectivity index (χ1v) is 5.91. The molecule has 92 valence electrons. The van der Waals surface area contributed by atoms with Crippen molar-refractivity contribution in [3.8, 4) is 11.6 Å². The summed E-state index contributed by atoms with van der Waals surface area (Å²) in [5, 5.41) is 10.9. The largest absolute Gasteiger partial charge is 0.434 e. The second-order valence-corrected chi connectivity index (χ2v) is 4.51. The second kappa shape index (κ2) is 5.14. The monoisotopic (exact) mass is 308 g/mol. The van der Waals surface area contributed by atoms with Gasteiger partial charge in [0.15, 0.2) is 0 Å². The molecule has 0 aliphatic carbocycles. The molecule has 5 nitrogen and oxygen atoms in total. The highest BCUT2D eigenvalue weighted by Crippen LogP contribution is 2.30. The van der Waals surface area contributed by atoms with E-state index in [0.29, 0.717) is 11.4 Å². The van der Waals surface area contributed by atoms with Crippen molar-refractivity contribution in [2.45, 2.75) is 6.92 Å². The molecule has 0 amide bonds. The molecule has 6 heteroatoms. The number of benzene rings is 1. The molecule has 0 radical (unpaired) electrons. The van der Waals surface area contributed by atoms with Crippen LogP contribution in [-0.4, -0.2) is 9.91 Å². The van der Waals surface area contributed by atoms with Crippen LogP contribution in [0.5, 0.6) is 11.6 Å². The summed E-state index contributed by atoms with van der Waals surface area (Å²) in [4.78, 5) is 14.4. The van der Waals surface area contributed by atoms with Gasteiger partial charge in [-0.2, -0.15) is 0 Å². The number of halogens is 1. The smallest absolute Gasteiger partial charge is 0.331 e. The number of nitro groups is 1. The van der Waals surface area contributed by atoms with Crippen LogP contribution in [-0.2, 0) is 0 Å². The molecule has 1 heterocycles. The van der Waals surface area contributed by atoms with Gasteiger partial charge in [-0.15, -0.1) is 0 Å². The Labute approximate surface area is 112 Å². The van der Waals surface area contributed by atoms with Crippen LogP contribution in [0.1, 0.15) is 5.69 Å². The van der Waals surface area contributed by atoms with Crippen molar-refractivity contribution in [1.29, 1.82) is 0 Å². The molecule has 0 saturated carbocycles. The van der Waals surface area contributed by atoms with Gasteiger partial charge in [-0.25, -0.2) is 4.98 Å². The lowest BCUT2D eigenvalue weighted by atomic mass is 10.3. The van der Waals surface area contributed by atoms with E-state index >= 15 is 0 Å².